The van der Waals surface area contributed by atoms with Gasteiger partial charge in [-0.15, -0.1) is 0 Å². The van der Waals surface area contributed by atoms with Gasteiger partial charge in [-0.3, -0.25) is 14.9 Å². The van der Waals surface area contributed by atoms with Crippen molar-refractivity contribution in [3.8, 4) is 0 Å². The highest BCUT2D eigenvalue weighted by atomic mass is 16.6. The van der Waals surface area contributed by atoms with Gasteiger partial charge < -0.3 is 11.1 Å². The molecule has 0 spiro atoms. The number of para-hydroxylation sites is 1. The SMILES string of the molecule is NC1CCCC(C2C(=O)Nc3ccccc32)C1[N+](=O)[O-]. The molecular weight excluding hydrogens is 258 g/mol. The van der Waals surface area contributed by atoms with Crippen LogP contribution in [0.15, 0.2) is 24.3 Å². The van der Waals surface area contributed by atoms with Crippen LogP contribution in [0, 0.1) is 16.0 Å². The molecule has 0 saturated heterocycles. The Kier molecular flexibility index (Phi) is 3.17. The summed E-state index contributed by atoms with van der Waals surface area (Å²) in [4.78, 5) is 23.3. The van der Waals surface area contributed by atoms with Crippen molar-refractivity contribution in [3.05, 3.63) is 39.9 Å². The Morgan fingerprint density at radius 2 is 2.05 bits per heavy atom. The number of carbonyl (C=O) groups excluding carboxylic acids is 1. The third-order valence-electron chi connectivity index (χ3n) is 4.46. The maximum absolute atomic E-state index is 12.2. The number of benzene rings is 1. The molecule has 2 aliphatic rings. The Morgan fingerprint density at radius 1 is 1.30 bits per heavy atom. The van der Waals surface area contributed by atoms with Gasteiger partial charge in [-0.1, -0.05) is 24.6 Å². The Hall–Kier alpha value is -1.95. The molecule has 6 nitrogen and oxygen atoms in total. The van der Waals surface area contributed by atoms with Crippen LogP contribution in [0.5, 0.6) is 0 Å². The average molecular weight is 275 g/mol. The number of amides is 1. The van der Waals surface area contributed by atoms with Gasteiger partial charge in [0.1, 0.15) is 0 Å². The second-order valence-corrected chi connectivity index (χ2v) is 5.59. The van der Waals surface area contributed by atoms with Crippen LogP contribution >= 0.6 is 0 Å². The van der Waals surface area contributed by atoms with Crippen molar-refractivity contribution < 1.29 is 9.72 Å². The monoisotopic (exact) mass is 275 g/mol. The molecule has 106 valence electrons. The minimum Gasteiger partial charge on any atom is -0.325 e. The third kappa shape index (κ3) is 1.96. The summed E-state index contributed by atoms with van der Waals surface area (Å²) in [5.41, 5.74) is 7.56. The van der Waals surface area contributed by atoms with Crippen molar-refractivity contribution in [1.29, 1.82) is 0 Å². The normalized spacial score (nSPS) is 32.5. The zero-order chi connectivity index (χ0) is 14.3. The van der Waals surface area contributed by atoms with Crippen molar-refractivity contribution >= 4 is 11.6 Å². The summed E-state index contributed by atoms with van der Waals surface area (Å²) in [5, 5.41) is 14.2. The van der Waals surface area contributed by atoms with Gasteiger partial charge in [0.15, 0.2) is 0 Å². The second kappa shape index (κ2) is 4.86. The van der Waals surface area contributed by atoms with E-state index >= 15 is 0 Å². The van der Waals surface area contributed by atoms with Crippen LogP contribution in [-0.2, 0) is 4.79 Å². The van der Waals surface area contributed by atoms with Crippen LogP contribution in [0.3, 0.4) is 0 Å². The Labute approximate surface area is 116 Å². The molecule has 20 heavy (non-hydrogen) atoms. The fraction of sp³-hybridized carbons (Fsp3) is 0.500. The van der Waals surface area contributed by atoms with Crippen molar-refractivity contribution in [2.45, 2.75) is 37.3 Å². The summed E-state index contributed by atoms with van der Waals surface area (Å²) in [5.74, 6) is -0.914. The standard InChI is InChI=1S/C14H17N3O3/c15-10-6-3-5-9(13(10)17(19)20)12-8-4-1-2-7-11(8)16-14(12)18/h1-2,4,7,9-10,12-13H,3,5-6,15H2,(H,16,18). The number of anilines is 1. The Bertz CT molecular complexity index is 560. The first kappa shape index (κ1) is 13.1. The third-order valence-corrected chi connectivity index (χ3v) is 4.46. The number of rotatable bonds is 2. The molecule has 3 N–H and O–H groups in total. The molecule has 1 aromatic rings. The second-order valence-electron chi connectivity index (χ2n) is 5.59. The maximum Gasteiger partial charge on any atom is 0.232 e. The number of fused-ring (bicyclic) bond motifs is 1. The highest BCUT2D eigenvalue weighted by Gasteiger charge is 2.49. The molecule has 1 heterocycles. The zero-order valence-electron chi connectivity index (χ0n) is 11.0. The van der Waals surface area contributed by atoms with E-state index < -0.39 is 18.0 Å². The minimum absolute atomic E-state index is 0.142. The van der Waals surface area contributed by atoms with Gasteiger partial charge in [0.05, 0.1) is 12.0 Å². The van der Waals surface area contributed by atoms with Gasteiger partial charge in [0, 0.05) is 16.5 Å². The molecule has 0 bridgehead atoms. The highest BCUT2D eigenvalue weighted by Crippen LogP contribution is 2.43. The van der Waals surface area contributed by atoms with Crippen LogP contribution in [0.1, 0.15) is 30.7 Å². The fourth-order valence-electron chi connectivity index (χ4n) is 3.58. The predicted octanol–water partition coefficient (Wildman–Crippen LogP) is 1.49. The van der Waals surface area contributed by atoms with Gasteiger partial charge in [-0.25, -0.2) is 0 Å². The summed E-state index contributed by atoms with van der Waals surface area (Å²) >= 11 is 0. The molecule has 1 fully saturated rings. The number of nitrogens with two attached hydrogens (primary N) is 1. The van der Waals surface area contributed by atoms with E-state index in [1.165, 1.54) is 0 Å². The molecule has 0 aromatic heterocycles. The van der Waals surface area contributed by atoms with Gasteiger partial charge in [-0.2, -0.15) is 0 Å². The fourth-order valence-corrected chi connectivity index (χ4v) is 3.58. The number of nitrogens with zero attached hydrogens (tertiary/aromatic N) is 1. The lowest BCUT2D eigenvalue weighted by molar-refractivity contribution is -0.538. The number of hydrogen-bond acceptors (Lipinski definition) is 4. The first-order valence-corrected chi connectivity index (χ1v) is 6.88. The molecule has 0 radical (unpaired) electrons. The van der Waals surface area contributed by atoms with E-state index in [1.807, 2.05) is 24.3 Å². The van der Waals surface area contributed by atoms with Crippen LogP contribution in [0.25, 0.3) is 0 Å². The maximum atomic E-state index is 12.2. The number of nitro groups is 1. The molecule has 1 saturated carbocycles. The van der Waals surface area contributed by atoms with Crippen molar-refractivity contribution in [3.63, 3.8) is 0 Å². The molecule has 6 heteroatoms. The first-order chi connectivity index (χ1) is 9.59. The molecule has 1 aromatic carbocycles. The summed E-state index contributed by atoms with van der Waals surface area (Å²) in [6.07, 6.45) is 2.16. The summed E-state index contributed by atoms with van der Waals surface area (Å²) in [6, 6.07) is 6.09. The van der Waals surface area contributed by atoms with Crippen LogP contribution < -0.4 is 11.1 Å². The molecule has 4 atom stereocenters. The van der Waals surface area contributed by atoms with Gasteiger partial charge in [0.25, 0.3) is 0 Å². The lowest BCUT2D eigenvalue weighted by atomic mass is 9.72. The van der Waals surface area contributed by atoms with Crippen molar-refractivity contribution in [2.75, 3.05) is 5.32 Å². The quantitative estimate of drug-likeness (QED) is 0.631. The summed E-state index contributed by atoms with van der Waals surface area (Å²) in [6.45, 7) is 0. The number of carbonyl (C=O) groups is 1. The molecule has 1 aliphatic heterocycles. The molecular formula is C14H17N3O3. The van der Waals surface area contributed by atoms with Crippen LogP contribution in [-0.4, -0.2) is 22.9 Å². The summed E-state index contributed by atoms with van der Waals surface area (Å²) < 4.78 is 0. The van der Waals surface area contributed by atoms with E-state index in [-0.39, 0.29) is 16.7 Å². The van der Waals surface area contributed by atoms with E-state index in [4.69, 9.17) is 5.73 Å². The topological polar surface area (TPSA) is 98.3 Å². The zero-order valence-corrected chi connectivity index (χ0v) is 11.0. The predicted molar refractivity (Wildman–Crippen MR) is 73.9 cm³/mol. The Balaban J connectivity index is 1.98. The van der Waals surface area contributed by atoms with E-state index in [0.29, 0.717) is 12.8 Å². The van der Waals surface area contributed by atoms with Crippen LogP contribution in [0.2, 0.25) is 0 Å². The van der Waals surface area contributed by atoms with E-state index in [0.717, 1.165) is 17.7 Å². The Morgan fingerprint density at radius 3 is 2.80 bits per heavy atom. The summed E-state index contributed by atoms with van der Waals surface area (Å²) in [7, 11) is 0. The molecule has 4 unspecified atom stereocenters. The smallest absolute Gasteiger partial charge is 0.232 e. The number of hydrogen-bond donors (Lipinski definition) is 2. The molecule has 3 rings (SSSR count). The highest BCUT2D eigenvalue weighted by molar-refractivity contribution is 6.03. The van der Waals surface area contributed by atoms with Crippen LogP contribution in [0.4, 0.5) is 5.69 Å². The average Bonchev–Trinajstić information content (AvgIpc) is 2.73. The van der Waals surface area contributed by atoms with Crippen molar-refractivity contribution in [2.24, 2.45) is 11.7 Å². The van der Waals surface area contributed by atoms with Gasteiger partial charge in [0.2, 0.25) is 11.9 Å². The molecule has 1 aliphatic carbocycles. The molecule has 1 amide bonds. The minimum atomic E-state index is -0.842. The largest absolute Gasteiger partial charge is 0.325 e. The first-order valence-electron chi connectivity index (χ1n) is 6.88. The number of nitrogens with one attached hydrogen (secondary N) is 1. The van der Waals surface area contributed by atoms with Gasteiger partial charge >= 0.3 is 0 Å². The van der Waals surface area contributed by atoms with E-state index in [1.54, 1.807) is 0 Å². The van der Waals surface area contributed by atoms with Gasteiger partial charge in [-0.05, 0) is 24.5 Å². The van der Waals surface area contributed by atoms with E-state index in [9.17, 15) is 14.9 Å². The lowest BCUT2D eigenvalue weighted by Gasteiger charge is -2.32. The lowest BCUT2D eigenvalue weighted by Crippen LogP contribution is -2.50. The van der Waals surface area contributed by atoms with Crippen molar-refractivity contribution in [1.82, 2.24) is 0 Å². The van der Waals surface area contributed by atoms with E-state index in [2.05, 4.69) is 5.32 Å².